The first-order valence-corrected chi connectivity index (χ1v) is 11.0. The van der Waals surface area contributed by atoms with Crippen LogP contribution in [0.2, 0.25) is 5.02 Å². The molecular formula is C22H19ClN4OS. The van der Waals surface area contributed by atoms with E-state index in [0.29, 0.717) is 22.5 Å². The first kappa shape index (κ1) is 18.5. The topological polar surface area (TPSA) is 59.8 Å². The summed E-state index contributed by atoms with van der Waals surface area (Å²) < 4.78 is 1.82. The van der Waals surface area contributed by atoms with Crippen molar-refractivity contribution in [3.8, 4) is 0 Å². The van der Waals surface area contributed by atoms with Gasteiger partial charge in [-0.1, -0.05) is 71.9 Å². The van der Waals surface area contributed by atoms with Crippen LogP contribution in [-0.2, 0) is 10.5 Å². The Morgan fingerprint density at radius 1 is 1.10 bits per heavy atom. The summed E-state index contributed by atoms with van der Waals surface area (Å²) in [6, 6.07) is 17.6. The van der Waals surface area contributed by atoms with Crippen molar-refractivity contribution in [3.63, 3.8) is 0 Å². The number of ketones is 1. The summed E-state index contributed by atoms with van der Waals surface area (Å²) in [5.74, 6) is 1.61. The molecule has 2 aliphatic rings. The Hall–Kier alpha value is -2.57. The molecule has 7 heteroatoms. The van der Waals surface area contributed by atoms with E-state index in [1.165, 1.54) is 5.56 Å². The van der Waals surface area contributed by atoms with Gasteiger partial charge in [-0.3, -0.25) is 4.79 Å². The summed E-state index contributed by atoms with van der Waals surface area (Å²) in [6.07, 6.45) is 2.24. The van der Waals surface area contributed by atoms with Crippen molar-refractivity contribution in [3.05, 3.63) is 82.0 Å². The van der Waals surface area contributed by atoms with Gasteiger partial charge in [0.15, 0.2) is 5.78 Å². The maximum absolute atomic E-state index is 12.8. The third-order valence-corrected chi connectivity index (χ3v) is 6.51. The minimum absolute atomic E-state index is 0.156. The summed E-state index contributed by atoms with van der Waals surface area (Å²) in [5.41, 5.74) is 3.81. The molecule has 1 atom stereocenters. The lowest BCUT2D eigenvalue weighted by Gasteiger charge is -2.32. The number of rotatable bonds is 4. The number of nitrogens with one attached hydrogen (secondary N) is 1. The number of thioether (sulfide) groups is 1. The van der Waals surface area contributed by atoms with Gasteiger partial charge in [0.1, 0.15) is 6.04 Å². The predicted molar refractivity (Wildman–Crippen MR) is 115 cm³/mol. The van der Waals surface area contributed by atoms with Crippen LogP contribution in [-0.4, -0.2) is 20.5 Å². The minimum atomic E-state index is -0.346. The number of fused-ring (bicyclic) bond motifs is 1. The van der Waals surface area contributed by atoms with Gasteiger partial charge in [0.25, 0.3) is 0 Å². The van der Waals surface area contributed by atoms with E-state index in [0.717, 1.165) is 35.4 Å². The SMILES string of the molecule is O=C1CCCC2=C1[C@H](c1ccccc1Cl)n1nc(SCc3ccccc3)nc1N2. The molecule has 1 aliphatic carbocycles. The van der Waals surface area contributed by atoms with Crippen LogP contribution in [0.4, 0.5) is 5.95 Å². The molecule has 0 unspecified atom stereocenters. The van der Waals surface area contributed by atoms with Crippen molar-refractivity contribution in [2.75, 3.05) is 5.32 Å². The summed E-state index contributed by atoms with van der Waals surface area (Å²) in [4.78, 5) is 17.5. The van der Waals surface area contributed by atoms with Crippen LogP contribution in [0.25, 0.3) is 0 Å². The first-order valence-electron chi connectivity index (χ1n) is 9.61. The Morgan fingerprint density at radius 3 is 2.72 bits per heavy atom. The monoisotopic (exact) mass is 422 g/mol. The van der Waals surface area contributed by atoms with Crippen molar-refractivity contribution >= 4 is 35.1 Å². The molecule has 0 amide bonds. The number of benzene rings is 2. The molecule has 0 spiro atoms. The summed E-state index contributed by atoms with van der Waals surface area (Å²) in [5, 5.41) is 9.42. The summed E-state index contributed by atoms with van der Waals surface area (Å²) in [7, 11) is 0. The van der Waals surface area contributed by atoms with Gasteiger partial charge in [0.05, 0.1) is 0 Å². The molecule has 2 heterocycles. The number of carbonyl (C=O) groups is 1. The van der Waals surface area contributed by atoms with Crippen LogP contribution in [0, 0.1) is 0 Å². The molecule has 5 rings (SSSR count). The molecule has 0 bridgehead atoms. The fourth-order valence-corrected chi connectivity index (χ4v) is 4.93. The zero-order chi connectivity index (χ0) is 19.8. The molecule has 0 fully saturated rings. The maximum atomic E-state index is 12.8. The molecule has 2 aromatic carbocycles. The van der Waals surface area contributed by atoms with E-state index in [1.54, 1.807) is 11.8 Å². The second kappa shape index (κ2) is 7.69. The van der Waals surface area contributed by atoms with Crippen molar-refractivity contribution in [1.82, 2.24) is 14.8 Å². The molecular weight excluding hydrogens is 404 g/mol. The van der Waals surface area contributed by atoms with Gasteiger partial charge in [-0.2, -0.15) is 4.98 Å². The Balaban J connectivity index is 1.54. The quantitative estimate of drug-likeness (QED) is 0.582. The standard InChI is InChI=1S/C22H19ClN4OS/c23-16-10-5-4-9-15(16)20-19-17(11-6-12-18(19)28)24-21-25-22(26-27(20)21)29-13-14-7-2-1-3-8-14/h1-5,7-10,20H,6,11-13H2,(H,24,25,26)/t20-/m0/s1. The maximum Gasteiger partial charge on any atom is 0.227 e. The minimum Gasteiger partial charge on any atom is -0.328 e. The van der Waals surface area contributed by atoms with Gasteiger partial charge in [-0.25, -0.2) is 4.68 Å². The van der Waals surface area contributed by atoms with Crippen LogP contribution in [0.15, 0.2) is 71.0 Å². The highest BCUT2D eigenvalue weighted by Crippen LogP contribution is 2.42. The molecule has 3 aromatic rings. The third-order valence-electron chi connectivity index (χ3n) is 5.26. The predicted octanol–water partition coefficient (Wildman–Crippen LogP) is 5.25. The number of hydrogen-bond donors (Lipinski definition) is 1. The van der Waals surface area contributed by atoms with Crippen LogP contribution in [0.3, 0.4) is 0 Å². The van der Waals surface area contributed by atoms with E-state index in [2.05, 4.69) is 17.4 Å². The van der Waals surface area contributed by atoms with E-state index in [-0.39, 0.29) is 11.8 Å². The lowest BCUT2D eigenvalue weighted by molar-refractivity contribution is -0.116. The number of Topliss-reactive ketones (excluding diaryl/α,β-unsaturated/α-hetero) is 1. The molecule has 1 aliphatic heterocycles. The molecule has 1 N–H and O–H groups in total. The Morgan fingerprint density at radius 2 is 1.90 bits per heavy atom. The Kier molecular flexibility index (Phi) is 4.89. The van der Waals surface area contributed by atoms with Gasteiger partial charge < -0.3 is 5.32 Å². The highest BCUT2D eigenvalue weighted by molar-refractivity contribution is 7.98. The molecule has 146 valence electrons. The van der Waals surface area contributed by atoms with Gasteiger partial charge >= 0.3 is 0 Å². The lowest BCUT2D eigenvalue weighted by atomic mass is 9.85. The highest BCUT2D eigenvalue weighted by Gasteiger charge is 2.37. The number of anilines is 1. The third kappa shape index (κ3) is 3.47. The van der Waals surface area contributed by atoms with Crippen LogP contribution in [0.5, 0.6) is 0 Å². The average molecular weight is 423 g/mol. The van der Waals surface area contributed by atoms with Crippen molar-refractivity contribution in [1.29, 1.82) is 0 Å². The number of halogens is 1. The van der Waals surface area contributed by atoms with Gasteiger partial charge in [0, 0.05) is 34.0 Å². The number of hydrogen-bond acceptors (Lipinski definition) is 5. The van der Waals surface area contributed by atoms with Crippen molar-refractivity contribution in [2.24, 2.45) is 0 Å². The number of allylic oxidation sites excluding steroid dienone is 2. The van der Waals surface area contributed by atoms with Gasteiger partial charge in [-0.15, -0.1) is 5.10 Å². The average Bonchev–Trinajstić information content (AvgIpc) is 3.15. The highest BCUT2D eigenvalue weighted by atomic mass is 35.5. The zero-order valence-corrected chi connectivity index (χ0v) is 17.2. The van der Waals surface area contributed by atoms with Crippen molar-refractivity contribution in [2.45, 2.75) is 36.2 Å². The fraction of sp³-hybridized carbons (Fsp3) is 0.227. The smallest absolute Gasteiger partial charge is 0.227 e. The van der Waals surface area contributed by atoms with Crippen LogP contribution in [0.1, 0.15) is 36.4 Å². The summed E-state index contributed by atoms with van der Waals surface area (Å²) in [6.45, 7) is 0. The molecule has 1 aromatic heterocycles. The molecule has 0 saturated carbocycles. The molecule has 5 nitrogen and oxygen atoms in total. The fourth-order valence-electron chi connectivity index (χ4n) is 3.90. The zero-order valence-electron chi connectivity index (χ0n) is 15.6. The van der Waals surface area contributed by atoms with E-state index in [9.17, 15) is 4.79 Å². The summed E-state index contributed by atoms with van der Waals surface area (Å²) >= 11 is 8.11. The van der Waals surface area contributed by atoms with Gasteiger partial charge in [0.2, 0.25) is 11.1 Å². The Labute approximate surface area is 178 Å². The molecule has 0 radical (unpaired) electrons. The molecule has 0 saturated heterocycles. The van der Waals surface area contributed by atoms with E-state index in [1.807, 2.05) is 47.1 Å². The number of carbonyl (C=O) groups excluding carboxylic acids is 1. The first-order chi connectivity index (χ1) is 14.2. The Bertz CT molecular complexity index is 1110. The number of aromatic nitrogens is 3. The molecule has 29 heavy (non-hydrogen) atoms. The van der Waals surface area contributed by atoms with E-state index >= 15 is 0 Å². The van der Waals surface area contributed by atoms with Crippen molar-refractivity contribution < 1.29 is 4.79 Å². The second-order valence-electron chi connectivity index (χ2n) is 7.15. The normalized spacial score (nSPS) is 18.2. The number of nitrogens with zero attached hydrogens (tertiary/aromatic N) is 3. The second-order valence-corrected chi connectivity index (χ2v) is 8.50. The van der Waals surface area contributed by atoms with E-state index < -0.39 is 0 Å². The van der Waals surface area contributed by atoms with Crippen LogP contribution >= 0.6 is 23.4 Å². The van der Waals surface area contributed by atoms with Crippen LogP contribution < -0.4 is 5.32 Å². The van der Waals surface area contributed by atoms with E-state index in [4.69, 9.17) is 21.7 Å². The lowest BCUT2D eigenvalue weighted by Crippen LogP contribution is -2.31. The van der Waals surface area contributed by atoms with Gasteiger partial charge in [-0.05, 0) is 24.5 Å². The largest absolute Gasteiger partial charge is 0.328 e.